The quantitative estimate of drug-likeness (QED) is 0.601. The molecule has 0 bridgehead atoms. The van der Waals surface area contributed by atoms with Crippen molar-refractivity contribution in [3.05, 3.63) is 66.3 Å². The molecule has 0 radical (unpaired) electrons. The summed E-state index contributed by atoms with van der Waals surface area (Å²) in [6.45, 7) is 0. The highest BCUT2D eigenvalue weighted by Gasteiger charge is 1.95. The average molecular weight is 168 g/mol. The number of hydrogen-bond donors (Lipinski definition) is 0. The summed E-state index contributed by atoms with van der Waals surface area (Å²) in [6.07, 6.45) is 11.8. The van der Waals surface area contributed by atoms with E-state index in [-0.39, 0.29) is 0 Å². The van der Waals surface area contributed by atoms with E-state index in [2.05, 4.69) is 54.6 Å². The fraction of sp³-hybridized carbons (Fsp3) is 0.0769. The van der Waals surface area contributed by atoms with E-state index in [1.165, 1.54) is 11.1 Å². The first-order chi connectivity index (χ1) is 6.47. The van der Waals surface area contributed by atoms with Crippen LogP contribution < -0.4 is 0 Å². The van der Waals surface area contributed by atoms with Gasteiger partial charge in [0, 0.05) is 0 Å². The lowest BCUT2D eigenvalue weighted by Gasteiger charge is -2.00. The van der Waals surface area contributed by atoms with Gasteiger partial charge in [0.05, 0.1) is 0 Å². The molecule has 2 rings (SSSR count). The van der Waals surface area contributed by atoms with Crippen LogP contribution >= 0.6 is 0 Å². The van der Waals surface area contributed by atoms with Gasteiger partial charge >= 0.3 is 0 Å². The molecule has 0 unspecified atom stereocenters. The van der Waals surface area contributed by atoms with Crippen LogP contribution in [0.5, 0.6) is 0 Å². The Morgan fingerprint density at radius 1 is 0.923 bits per heavy atom. The van der Waals surface area contributed by atoms with Crippen LogP contribution in [-0.2, 0) is 0 Å². The molecule has 1 aliphatic carbocycles. The smallest absolute Gasteiger partial charge is 0.0157 e. The second kappa shape index (κ2) is 3.90. The first-order valence-electron chi connectivity index (χ1n) is 4.55. The van der Waals surface area contributed by atoms with E-state index in [0.717, 1.165) is 6.42 Å². The first kappa shape index (κ1) is 8.06. The van der Waals surface area contributed by atoms with Crippen molar-refractivity contribution in [1.82, 2.24) is 0 Å². The Morgan fingerprint density at radius 3 is 2.62 bits per heavy atom. The predicted octanol–water partition coefficient (Wildman–Crippen LogP) is 3.59. The van der Waals surface area contributed by atoms with Crippen LogP contribution in [0.1, 0.15) is 12.0 Å². The highest BCUT2D eigenvalue weighted by molar-refractivity contribution is 5.74. The van der Waals surface area contributed by atoms with Crippen LogP contribution in [0, 0.1) is 0 Å². The summed E-state index contributed by atoms with van der Waals surface area (Å²) in [5, 5.41) is 0. The van der Waals surface area contributed by atoms with Gasteiger partial charge in [-0.15, -0.1) is 0 Å². The fourth-order valence-corrected chi connectivity index (χ4v) is 1.42. The van der Waals surface area contributed by atoms with Crippen LogP contribution in [0.25, 0.3) is 5.57 Å². The molecule has 0 aliphatic heterocycles. The van der Waals surface area contributed by atoms with Crippen molar-refractivity contribution in [3.63, 3.8) is 0 Å². The van der Waals surface area contributed by atoms with E-state index < -0.39 is 0 Å². The normalized spacial score (nSPS) is 15.2. The number of rotatable bonds is 1. The van der Waals surface area contributed by atoms with E-state index >= 15 is 0 Å². The minimum Gasteiger partial charge on any atom is -0.0807 e. The Balaban J connectivity index is 2.32. The van der Waals surface area contributed by atoms with Crippen molar-refractivity contribution in [1.29, 1.82) is 0 Å². The summed E-state index contributed by atoms with van der Waals surface area (Å²) in [5.74, 6) is 0. The van der Waals surface area contributed by atoms with Gasteiger partial charge in [0.2, 0.25) is 0 Å². The molecular formula is C13H12. The second-order valence-electron chi connectivity index (χ2n) is 3.05. The molecule has 0 saturated carbocycles. The van der Waals surface area contributed by atoms with E-state index in [9.17, 15) is 0 Å². The number of hydrogen-bond acceptors (Lipinski definition) is 0. The number of allylic oxidation sites excluding steroid dienone is 6. The van der Waals surface area contributed by atoms with Crippen molar-refractivity contribution >= 4 is 5.57 Å². The lowest BCUT2D eigenvalue weighted by atomic mass is 10.1. The zero-order chi connectivity index (χ0) is 8.93. The molecule has 0 N–H and O–H groups in total. The van der Waals surface area contributed by atoms with Gasteiger partial charge in [0.15, 0.2) is 0 Å². The Morgan fingerprint density at radius 2 is 1.77 bits per heavy atom. The summed E-state index contributed by atoms with van der Waals surface area (Å²) in [7, 11) is 0. The maximum absolute atomic E-state index is 2.25. The molecule has 0 fully saturated rings. The Hall–Kier alpha value is -1.56. The maximum atomic E-state index is 2.25. The van der Waals surface area contributed by atoms with Crippen LogP contribution in [0.2, 0.25) is 0 Å². The summed E-state index contributed by atoms with van der Waals surface area (Å²) >= 11 is 0. The van der Waals surface area contributed by atoms with E-state index in [1.54, 1.807) is 0 Å². The Bertz CT molecular complexity index is 353. The van der Waals surface area contributed by atoms with Gasteiger partial charge < -0.3 is 0 Å². The molecule has 0 amide bonds. The van der Waals surface area contributed by atoms with Crippen molar-refractivity contribution in [3.8, 4) is 0 Å². The Labute approximate surface area is 78.9 Å². The summed E-state index contributed by atoms with van der Waals surface area (Å²) in [5.41, 5.74) is 2.60. The van der Waals surface area contributed by atoms with Gasteiger partial charge in [-0.3, -0.25) is 0 Å². The van der Waals surface area contributed by atoms with Crippen LogP contribution in [0.15, 0.2) is 60.7 Å². The van der Waals surface area contributed by atoms with Gasteiger partial charge in [-0.1, -0.05) is 60.7 Å². The van der Waals surface area contributed by atoms with Crippen molar-refractivity contribution < 1.29 is 0 Å². The van der Waals surface area contributed by atoms with Crippen molar-refractivity contribution in [2.75, 3.05) is 0 Å². The van der Waals surface area contributed by atoms with E-state index in [0.29, 0.717) is 0 Å². The van der Waals surface area contributed by atoms with E-state index in [1.807, 2.05) is 6.07 Å². The molecule has 0 atom stereocenters. The average Bonchev–Trinajstić information content (AvgIpc) is 2.47. The topological polar surface area (TPSA) is 0 Å². The van der Waals surface area contributed by atoms with Gasteiger partial charge in [-0.25, -0.2) is 0 Å². The summed E-state index contributed by atoms with van der Waals surface area (Å²) in [6, 6.07) is 10.5. The van der Waals surface area contributed by atoms with Gasteiger partial charge in [0.1, 0.15) is 0 Å². The highest BCUT2D eigenvalue weighted by atomic mass is 14.0. The molecule has 0 spiro atoms. The zero-order valence-electron chi connectivity index (χ0n) is 7.48. The van der Waals surface area contributed by atoms with Gasteiger partial charge in [-0.05, 0) is 17.6 Å². The number of benzene rings is 1. The third-order valence-electron chi connectivity index (χ3n) is 2.10. The zero-order valence-corrected chi connectivity index (χ0v) is 7.48. The maximum Gasteiger partial charge on any atom is -0.0157 e. The molecule has 1 aromatic carbocycles. The standard InChI is InChI=1S/C13H12/c1-2-5-9-12(8-4-1)13-10-6-3-7-11-13/h1-4,6-11H,5H2. The molecule has 0 heterocycles. The summed E-state index contributed by atoms with van der Waals surface area (Å²) < 4.78 is 0. The lowest BCUT2D eigenvalue weighted by Crippen LogP contribution is -1.78. The Kier molecular flexibility index (Phi) is 2.42. The largest absolute Gasteiger partial charge is 0.0807 e. The molecule has 0 heteroatoms. The molecule has 64 valence electrons. The molecule has 0 nitrogen and oxygen atoms in total. The van der Waals surface area contributed by atoms with Crippen LogP contribution in [0.4, 0.5) is 0 Å². The third kappa shape index (κ3) is 1.97. The molecule has 0 aromatic heterocycles. The SMILES string of the molecule is C1=CCC=C(c2ccccc2)C=C1. The molecule has 0 saturated heterocycles. The minimum absolute atomic E-state index is 1.03. The fourth-order valence-electron chi connectivity index (χ4n) is 1.42. The van der Waals surface area contributed by atoms with Crippen LogP contribution in [0.3, 0.4) is 0 Å². The van der Waals surface area contributed by atoms with E-state index in [4.69, 9.17) is 0 Å². The molecule has 13 heavy (non-hydrogen) atoms. The van der Waals surface area contributed by atoms with Crippen molar-refractivity contribution in [2.24, 2.45) is 0 Å². The van der Waals surface area contributed by atoms with Crippen LogP contribution in [-0.4, -0.2) is 0 Å². The minimum atomic E-state index is 1.03. The summed E-state index contributed by atoms with van der Waals surface area (Å²) in [4.78, 5) is 0. The van der Waals surface area contributed by atoms with Gasteiger partial charge in [0.25, 0.3) is 0 Å². The first-order valence-corrected chi connectivity index (χ1v) is 4.55. The highest BCUT2D eigenvalue weighted by Crippen LogP contribution is 2.17. The molecule has 1 aliphatic rings. The molecular weight excluding hydrogens is 156 g/mol. The third-order valence-corrected chi connectivity index (χ3v) is 2.10. The van der Waals surface area contributed by atoms with Crippen molar-refractivity contribution in [2.45, 2.75) is 6.42 Å². The predicted molar refractivity (Wildman–Crippen MR) is 57.3 cm³/mol. The van der Waals surface area contributed by atoms with Gasteiger partial charge in [-0.2, -0.15) is 0 Å². The molecule has 1 aromatic rings. The lowest BCUT2D eigenvalue weighted by molar-refractivity contribution is 1.40. The monoisotopic (exact) mass is 168 g/mol. The second-order valence-corrected chi connectivity index (χ2v) is 3.05.